The summed E-state index contributed by atoms with van der Waals surface area (Å²) < 4.78 is 6.32. The molecule has 0 aliphatic rings. The Morgan fingerprint density at radius 1 is 1.60 bits per heavy atom. The molecule has 2 rings (SSSR count). The molecular formula is C9H6BrN5O5. The number of nitrogens with zero attached hydrogens (tertiary/aromatic N) is 5. The number of hydrogen-bond acceptors (Lipinski definition) is 7. The summed E-state index contributed by atoms with van der Waals surface area (Å²) in [5.41, 5.74) is -1.34. The number of aromatic nitrogens is 4. The van der Waals surface area contributed by atoms with Crippen LogP contribution in [-0.4, -0.2) is 42.9 Å². The molecule has 0 atom stereocenters. The molecule has 0 saturated carbocycles. The highest BCUT2D eigenvalue weighted by Gasteiger charge is 2.26. The first kappa shape index (κ1) is 13.9. The van der Waals surface area contributed by atoms with E-state index in [1.165, 1.54) is 13.3 Å². The third-order valence-electron chi connectivity index (χ3n) is 2.19. The van der Waals surface area contributed by atoms with Crippen LogP contribution >= 0.6 is 15.9 Å². The fourth-order valence-electron chi connectivity index (χ4n) is 1.35. The lowest BCUT2D eigenvalue weighted by molar-refractivity contribution is -0.385. The first-order valence-electron chi connectivity index (χ1n) is 4.98. The van der Waals surface area contributed by atoms with Crippen molar-refractivity contribution >= 4 is 27.6 Å². The van der Waals surface area contributed by atoms with E-state index in [0.29, 0.717) is 4.47 Å². The van der Waals surface area contributed by atoms with Gasteiger partial charge >= 0.3 is 11.7 Å². The minimum absolute atomic E-state index is 0.0550. The van der Waals surface area contributed by atoms with Gasteiger partial charge in [0.1, 0.15) is 6.20 Å². The predicted molar refractivity (Wildman–Crippen MR) is 67.0 cm³/mol. The summed E-state index contributed by atoms with van der Waals surface area (Å²) in [6.07, 6.45) is 2.28. The van der Waals surface area contributed by atoms with E-state index < -0.39 is 22.3 Å². The minimum Gasteiger partial charge on any atom is -0.480 e. The average Bonchev–Trinajstić information content (AvgIpc) is 2.84. The zero-order valence-corrected chi connectivity index (χ0v) is 11.4. The van der Waals surface area contributed by atoms with Crippen LogP contribution in [-0.2, 0) is 0 Å². The molecule has 0 aliphatic carbocycles. The molecule has 0 unspecified atom stereocenters. The van der Waals surface area contributed by atoms with E-state index >= 15 is 0 Å². The van der Waals surface area contributed by atoms with Crippen molar-refractivity contribution in [2.45, 2.75) is 0 Å². The minimum atomic E-state index is -1.51. The molecule has 0 spiro atoms. The van der Waals surface area contributed by atoms with Crippen LogP contribution in [0.25, 0.3) is 5.95 Å². The Kier molecular flexibility index (Phi) is 3.61. The van der Waals surface area contributed by atoms with Crippen LogP contribution in [0.3, 0.4) is 0 Å². The van der Waals surface area contributed by atoms with Gasteiger partial charge in [0.2, 0.25) is 11.6 Å². The summed E-state index contributed by atoms with van der Waals surface area (Å²) in [6, 6.07) is 0. The van der Waals surface area contributed by atoms with Gasteiger partial charge < -0.3 is 9.84 Å². The smallest absolute Gasteiger partial charge is 0.363 e. The number of hydrogen-bond donors (Lipinski definition) is 1. The number of rotatable bonds is 4. The molecular weight excluding hydrogens is 338 g/mol. The van der Waals surface area contributed by atoms with Gasteiger partial charge in [-0.05, 0) is 15.9 Å². The summed E-state index contributed by atoms with van der Waals surface area (Å²) in [5, 5.41) is 23.2. The molecule has 2 heterocycles. The molecule has 11 heteroatoms. The summed E-state index contributed by atoms with van der Waals surface area (Å²) in [4.78, 5) is 28.6. The highest BCUT2D eigenvalue weighted by atomic mass is 79.9. The van der Waals surface area contributed by atoms with Crippen LogP contribution in [0, 0.1) is 10.1 Å². The second-order valence-electron chi connectivity index (χ2n) is 3.40. The third-order valence-corrected chi connectivity index (χ3v) is 2.74. The monoisotopic (exact) mass is 343 g/mol. The number of halogens is 1. The number of methoxy groups -OCH3 is 1. The van der Waals surface area contributed by atoms with Gasteiger partial charge in [0, 0.05) is 0 Å². The van der Waals surface area contributed by atoms with E-state index in [2.05, 4.69) is 31.0 Å². The number of carboxylic acids is 1. The standard InChI is InChI=1S/C9H6BrN5O5/c1-20-7-4(10)2-11-9(12-7)14-3-5(15(18)19)6(13-14)8(16)17/h2-3H,1H3,(H,16,17). The van der Waals surface area contributed by atoms with Crippen LogP contribution in [0.2, 0.25) is 0 Å². The number of nitro groups is 1. The van der Waals surface area contributed by atoms with Crippen LogP contribution in [0.5, 0.6) is 5.88 Å². The molecule has 0 bridgehead atoms. The Morgan fingerprint density at radius 3 is 2.80 bits per heavy atom. The van der Waals surface area contributed by atoms with Crippen molar-refractivity contribution in [3.8, 4) is 11.8 Å². The summed E-state index contributed by atoms with van der Waals surface area (Å²) in [6.45, 7) is 0. The molecule has 0 radical (unpaired) electrons. The van der Waals surface area contributed by atoms with Gasteiger partial charge in [0.15, 0.2) is 0 Å². The topological polar surface area (TPSA) is 133 Å². The van der Waals surface area contributed by atoms with Gasteiger partial charge in [-0.1, -0.05) is 0 Å². The first-order valence-corrected chi connectivity index (χ1v) is 5.77. The van der Waals surface area contributed by atoms with Crippen molar-refractivity contribution in [3.63, 3.8) is 0 Å². The average molecular weight is 344 g/mol. The van der Waals surface area contributed by atoms with Crippen molar-refractivity contribution < 1.29 is 19.6 Å². The zero-order valence-electron chi connectivity index (χ0n) is 9.85. The van der Waals surface area contributed by atoms with Crippen molar-refractivity contribution in [2.75, 3.05) is 7.11 Å². The second kappa shape index (κ2) is 5.21. The van der Waals surface area contributed by atoms with Crippen molar-refractivity contribution in [3.05, 3.63) is 32.7 Å². The van der Waals surface area contributed by atoms with E-state index in [1.807, 2.05) is 0 Å². The maximum absolute atomic E-state index is 10.9. The number of carbonyl (C=O) groups is 1. The van der Waals surface area contributed by atoms with Gasteiger partial charge in [0.05, 0.1) is 22.7 Å². The Labute approximate surface area is 119 Å². The molecule has 0 saturated heterocycles. The van der Waals surface area contributed by atoms with E-state index in [4.69, 9.17) is 9.84 Å². The van der Waals surface area contributed by atoms with Gasteiger partial charge in [-0.25, -0.2) is 9.78 Å². The fraction of sp³-hybridized carbons (Fsp3) is 0.111. The fourth-order valence-corrected chi connectivity index (χ4v) is 1.70. The molecule has 0 amide bonds. The maximum atomic E-state index is 10.9. The molecule has 104 valence electrons. The Balaban J connectivity index is 2.56. The lowest BCUT2D eigenvalue weighted by Crippen LogP contribution is -2.06. The van der Waals surface area contributed by atoms with E-state index in [0.717, 1.165) is 10.9 Å². The van der Waals surface area contributed by atoms with Gasteiger partial charge in [0.25, 0.3) is 5.95 Å². The van der Waals surface area contributed by atoms with Crippen molar-refractivity contribution in [1.82, 2.24) is 19.7 Å². The molecule has 20 heavy (non-hydrogen) atoms. The van der Waals surface area contributed by atoms with Crippen LogP contribution in [0.1, 0.15) is 10.5 Å². The zero-order chi connectivity index (χ0) is 14.9. The van der Waals surface area contributed by atoms with E-state index in [1.54, 1.807) is 0 Å². The summed E-state index contributed by atoms with van der Waals surface area (Å²) >= 11 is 3.15. The number of carboxylic acid groups (broad SMARTS) is 1. The maximum Gasteiger partial charge on any atom is 0.363 e. The number of aromatic carboxylic acids is 1. The molecule has 0 aromatic carbocycles. The lowest BCUT2D eigenvalue weighted by atomic mass is 10.4. The normalized spacial score (nSPS) is 10.3. The largest absolute Gasteiger partial charge is 0.480 e. The first-order chi connectivity index (χ1) is 9.43. The molecule has 10 nitrogen and oxygen atoms in total. The van der Waals surface area contributed by atoms with Crippen LogP contribution in [0.15, 0.2) is 16.9 Å². The van der Waals surface area contributed by atoms with Crippen molar-refractivity contribution in [1.29, 1.82) is 0 Å². The van der Waals surface area contributed by atoms with Crippen LogP contribution < -0.4 is 4.74 Å². The molecule has 1 N–H and O–H groups in total. The molecule has 2 aromatic rings. The van der Waals surface area contributed by atoms with E-state index in [-0.39, 0.29) is 11.8 Å². The SMILES string of the molecule is COc1nc(-n2cc([N+](=O)[O-])c(C(=O)O)n2)ncc1Br. The highest BCUT2D eigenvalue weighted by Crippen LogP contribution is 2.23. The van der Waals surface area contributed by atoms with Gasteiger partial charge in [-0.2, -0.15) is 14.8 Å². The van der Waals surface area contributed by atoms with Crippen molar-refractivity contribution in [2.24, 2.45) is 0 Å². The Hall–Kier alpha value is -2.56. The Morgan fingerprint density at radius 2 is 2.30 bits per heavy atom. The molecule has 2 aromatic heterocycles. The summed E-state index contributed by atoms with van der Waals surface area (Å²) in [5.74, 6) is -1.38. The van der Waals surface area contributed by atoms with Gasteiger partial charge in [-0.15, -0.1) is 0 Å². The second-order valence-corrected chi connectivity index (χ2v) is 4.25. The number of ether oxygens (including phenoxy) is 1. The third kappa shape index (κ3) is 2.42. The molecule has 0 fully saturated rings. The molecule has 0 aliphatic heterocycles. The predicted octanol–water partition coefficient (Wildman–Crippen LogP) is 1.04. The van der Waals surface area contributed by atoms with Gasteiger partial charge in [-0.3, -0.25) is 10.1 Å². The van der Waals surface area contributed by atoms with E-state index in [9.17, 15) is 14.9 Å². The lowest BCUT2D eigenvalue weighted by Gasteiger charge is -2.03. The Bertz CT molecular complexity index is 669. The van der Waals surface area contributed by atoms with Crippen LogP contribution in [0.4, 0.5) is 5.69 Å². The summed E-state index contributed by atoms with van der Waals surface area (Å²) in [7, 11) is 1.38. The highest BCUT2D eigenvalue weighted by molar-refractivity contribution is 9.10. The quantitative estimate of drug-likeness (QED) is 0.642.